The number of hydrogen-bond acceptors (Lipinski definition) is 2. The van der Waals surface area contributed by atoms with Crippen LogP contribution in [0.3, 0.4) is 0 Å². The molecule has 0 aliphatic heterocycles. The Morgan fingerprint density at radius 2 is 0.515 bits per heavy atom. The van der Waals surface area contributed by atoms with Crippen LogP contribution in [0.15, 0.2) is 194 Å². The second-order valence-electron chi connectivity index (χ2n) is 15.9. The van der Waals surface area contributed by atoms with Crippen molar-refractivity contribution >= 4 is 55.7 Å². The lowest BCUT2D eigenvalue weighted by molar-refractivity contribution is -0.144. The van der Waals surface area contributed by atoms with Gasteiger partial charge in [-0.05, 0) is 106 Å². The van der Waals surface area contributed by atoms with Gasteiger partial charge in [0, 0.05) is 33.5 Å². The van der Waals surface area contributed by atoms with E-state index in [1.807, 2.05) is 0 Å². The van der Waals surface area contributed by atoms with Gasteiger partial charge in [0.15, 0.2) is 0 Å². The average molecular weight is 937 g/mol. The molecular formula is C54H32F12N2. The molecule has 14 heteroatoms. The summed E-state index contributed by atoms with van der Waals surface area (Å²) in [6, 6.07) is 47.4. The van der Waals surface area contributed by atoms with Crippen LogP contribution >= 0.6 is 0 Å². The van der Waals surface area contributed by atoms with Crippen molar-refractivity contribution in [2.24, 2.45) is 0 Å². The molecule has 9 rings (SSSR count). The number of hydrogen-bond donors (Lipinski definition) is 0. The van der Waals surface area contributed by atoms with E-state index in [0.29, 0.717) is 79.4 Å². The number of halogens is 12. The van der Waals surface area contributed by atoms with Crippen molar-refractivity contribution in [3.8, 4) is 22.3 Å². The molecule has 0 saturated heterocycles. The summed E-state index contributed by atoms with van der Waals surface area (Å²) in [5.74, 6) is 0. The van der Waals surface area contributed by atoms with E-state index in [4.69, 9.17) is 0 Å². The van der Waals surface area contributed by atoms with E-state index in [9.17, 15) is 52.7 Å². The standard InChI is InChI=1S/C54H32F12N2/c55-51(56,57)39-27-40(52(58,59)60)30-45(29-39)67(49-13-5-9-37-7-1-3-11-47(37)49)43-23-19-35(20-24-43)33-15-17-34(18-16-33)36-21-25-44(26-22-36)68(50-14-6-10-38-8-2-4-12-48(38)50)46-31-41(53(61,62)63)28-42(32-46)54(64,65)66/h1-32H. The maximum Gasteiger partial charge on any atom is 0.416 e. The highest BCUT2D eigenvalue weighted by Gasteiger charge is 2.39. The average Bonchev–Trinajstić information content (AvgIpc) is 3.31. The minimum absolute atomic E-state index is 0.0870. The summed E-state index contributed by atoms with van der Waals surface area (Å²) in [4.78, 5) is 2.71. The summed E-state index contributed by atoms with van der Waals surface area (Å²) in [6.45, 7) is 0. The van der Waals surface area contributed by atoms with E-state index in [1.165, 1.54) is 9.80 Å². The molecule has 0 atom stereocenters. The summed E-state index contributed by atoms with van der Waals surface area (Å²) in [5, 5.41) is 2.59. The normalized spacial score (nSPS) is 12.4. The maximum absolute atomic E-state index is 14.1. The molecule has 0 spiro atoms. The van der Waals surface area contributed by atoms with Gasteiger partial charge in [0.25, 0.3) is 0 Å². The van der Waals surface area contributed by atoms with Crippen molar-refractivity contribution < 1.29 is 52.7 Å². The zero-order chi connectivity index (χ0) is 48.2. The van der Waals surface area contributed by atoms with Crippen LogP contribution in [0.1, 0.15) is 22.3 Å². The molecular weight excluding hydrogens is 905 g/mol. The first-order valence-corrected chi connectivity index (χ1v) is 20.7. The first kappa shape index (κ1) is 45.4. The predicted octanol–water partition coefficient (Wildman–Crippen LogP) is 18.3. The van der Waals surface area contributed by atoms with Crippen molar-refractivity contribution in [3.63, 3.8) is 0 Å². The zero-order valence-electron chi connectivity index (χ0n) is 34.9. The fraction of sp³-hybridized carbons (Fsp3) is 0.0741. The van der Waals surface area contributed by atoms with Gasteiger partial charge in [-0.2, -0.15) is 52.7 Å². The van der Waals surface area contributed by atoms with Gasteiger partial charge in [-0.15, -0.1) is 0 Å². The van der Waals surface area contributed by atoms with E-state index in [1.54, 1.807) is 158 Å². The number of nitrogens with zero attached hydrogens (tertiary/aromatic N) is 2. The quantitative estimate of drug-likeness (QED) is 0.140. The molecule has 2 nitrogen and oxygen atoms in total. The first-order chi connectivity index (χ1) is 32.2. The van der Waals surface area contributed by atoms with Gasteiger partial charge in [0.05, 0.1) is 33.6 Å². The lowest BCUT2D eigenvalue weighted by Crippen LogP contribution is -2.16. The zero-order valence-corrected chi connectivity index (χ0v) is 34.9. The summed E-state index contributed by atoms with van der Waals surface area (Å²) in [5.41, 5.74) is -2.55. The summed E-state index contributed by atoms with van der Waals surface area (Å²) >= 11 is 0. The van der Waals surface area contributed by atoms with Crippen LogP contribution < -0.4 is 9.80 Å². The van der Waals surface area contributed by atoms with Crippen molar-refractivity contribution in [1.82, 2.24) is 0 Å². The van der Waals surface area contributed by atoms with E-state index in [2.05, 4.69) is 0 Å². The highest BCUT2D eigenvalue weighted by molar-refractivity contribution is 6.00. The molecule has 0 fully saturated rings. The summed E-state index contributed by atoms with van der Waals surface area (Å²) < 4.78 is 169. The Morgan fingerprint density at radius 3 is 0.809 bits per heavy atom. The highest BCUT2D eigenvalue weighted by atomic mass is 19.4. The molecule has 0 N–H and O–H groups in total. The Kier molecular flexibility index (Phi) is 11.5. The molecule has 0 aliphatic rings. The van der Waals surface area contributed by atoms with Crippen molar-refractivity contribution in [3.05, 3.63) is 216 Å². The number of alkyl halides is 12. The van der Waals surface area contributed by atoms with Crippen molar-refractivity contribution in [2.45, 2.75) is 24.7 Å². The van der Waals surface area contributed by atoms with Gasteiger partial charge >= 0.3 is 24.7 Å². The first-order valence-electron chi connectivity index (χ1n) is 20.7. The van der Waals surface area contributed by atoms with E-state index < -0.39 is 47.0 Å². The van der Waals surface area contributed by atoms with Crippen LogP contribution in [0.25, 0.3) is 43.8 Å². The molecule has 0 heterocycles. The Morgan fingerprint density at radius 1 is 0.250 bits per heavy atom. The van der Waals surface area contributed by atoms with Crippen LogP contribution in [0, 0.1) is 0 Å². The molecule has 0 aliphatic carbocycles. The molecule has 68 heavy (non-hydrogen) atoms. The Hall–Kier alpha value is -7.74. The minimum Gasteiger partial charge on any atom is -0.310 e. The van der Waals surface area contributed by atoms with Crippen molar-refractivity contribution in [1.29, 1.82) is 0 Å². The van der Waals surface area contributed by atoms with E-state index >= 15 is 0 Å². The number of benzene rings is 9. The van der Waals surface area contributed by atoms with E-state index in [0.717, 1.165) is 0 Å². The topological polar surface area (TPSA) is 6.48 Å². The SMILES string of the molecule is FC(F)(F)c1cc(N(c2ccc(-c3ccc(-c4ccc(N(c5cc(C(F)(F)F)cc(C(F)(F)F)c5)c5cccc6ccccc56)cc4)cc3)cc2)c2cccc3ccccc23)cc(C(F)(F)F)c1. The van der Waals surface area contributed by atoms with Gasteiger partial charge in [-0.3, -0.25) is 0 Å². The molecule has 0 saturated carbocycles. The number of anilines is 6. The minimum atomic E-state index is -5.08. The molecule has 0 unspecified atom stereocenters. The number of rotatable bonds is 8. The van der Waals surface area contributed by atoms with Crippen LogP contribution in [-0.4, -0.2) is 0 Å². The summed E-state index contributed by atoms with van der Waals surface area (Å²) in [6.07, 6.45) is -20.3. The van der Waals surface area contributed by atoms with Crippen LogP contribution in [-0.2, 0) is 24.7 Å². The lowest BCUT2D eigenvalue weighted by Gasteiger charge is -2.28. The monoisotopic (exact) mass is 936 g/mol. The maximum atomic E-state index is 14.1. The second-order valence-corrected chi connectivity index (χ2v) is 15.9. The fourth-order valence-corrected chi connectivity index (χ4v) is 8.26. The Labute approximate surface area is 380 Å². The third-order valence-corrected chi connectivity index (χ3v) is 11.5. The Bertz CT molecular complexity index is 2980. The predicted molar refractivity (Wildman–Crippen MR) is 242 cm³/mol. The van der Waals surface area contributed by atoms with Crippen LogP contribution in [0.4, 0.5) is 86.8 Å². The van der Waals surface area contributed by atoms with Gasteiger partial charge in [-0.25, -0.2) is 0 Å². The van der Waals surface area contributed by atoms with Gasteiger partial charge in [0.2, 0.25) is 0 Å². The van der Waals surface area contributed by atoms with Gasteiger partial charge in [-0.1, -0.05) is 121 Å². The number of fused-ring (bicyclic) bond motifs is 2. The van der Waals surface area contributed by atoms with E-state index in [-0.39, 0.29) is 34.9 Å². The second kappa shape index (κ2) is 17.2. The lowest BCUT2D eigenvalue weighted by atomic mass is 9.99. The molecule has 342 valence electrons. The van der Waals surface area contributed by atoms with Gasteiger partial charge < -0.3 is 9.80 Å². The largest absolute Gasteiger partial charge is 0.416 e. The fourth-order valence-electron chi connectivity index (χ4n) is 8.26. The molecule has 0 radical (unpaired) electrons. The van der Waals surface area contributed by atoms with Crippen LogP contribution in [0.5, 0.6) is 0 Å². The summed E-state index contributed by atoms with van der Waals surface area (Å²) in [7, 11) is 0. The van der Waals surface area contributed by atoms with Gasteiger partial charge in [0.1, 0.15) is 0 Å². The van der Waals surface area contributed by atoms with Crippen molar-refractivity contribution in [2.75, 3.05) is 9.80 Å². The molecule has 0 bridgehead atoms. The smallest absolute Gasteiger partial charge is 0.310 e. The molecule has 9 aromatic carbocycles. The Balaban J connectivity index is 1.06. The molecule has 9 aromatic rings. The van der Waals surface area contributed by atoms with Crippen LogP contribution in [0.2, 0.25) is 0 Å². The molecule has 0 aromatic heterocycles. The molecule has 0 amide bonds. The highest BCUT2D eigenvalue weighted by Crippen LogP contribution is 2.47. The third kappa shape index (κ3) is 9.18. The third-order valence-electron chi connectivity index (χ3n) is 11.5.